The van der Waals surface area contributed by atoms with Crippen molar-refractivity contribution in [1.29, 1.82) is 0 Å². The van der Waals surface area contributed by atoms with Crippen molar-refractivity contribution >= 4 is 18.0 Å². The number of carbonyl (C=O) groups is 3. The van der Waals surface area contributed by atoms with Crippen LogP contribution < -0.4 is 0 Å². The van der Waals surface area contributed by atoms with Crippen LogP contribution in [0.25, 0.3) is 0 Å². The van der Waals surface area contributed by atoms with Gasteiger partial charge in [-0.05, 0) is 34.6 Å². The quantitative estimate of drug-likeness (QED) is 0.568. The number of carbonyl (C=O) groups excluding carboxylic acids is 3. The van der Waals surface area contributed by atoms with Gasteiger partial charge < -0.3 is 14.2 Å². The van der Waals surface area contributed by atoms with Crippen molar-refractivity contribution in [2.75, 3.05) is 20.8 Å². The largest absolute Gasteiger partial charge is 0.469 e. The highest BCUT2D eigenvalue weighted by molar-refractivity contribution is 5.85. The molecule has 7 nitrogen and oxygen atoms in total. The number of amides is 1. The van der Waals surface area contributed by atoms with Crippen LogP contribution in [0.5, 0.6) is 0 Å². The van der Waals surface area contributed by atoms with Gasteiger partial charge in [0.1, 0.15) is 11.1 Å². The predicted molar refractivity (Wildman–Crippen MR) is 75.7 cm³/mol. The fraction of sp³-hybridized carbons (Fsp3) is 0.786. The second-order valence-electron chi connectivity index (χ2n) is 6.01. The molecule has 0 aromatic rings. The Kier molecular flexibility index (Phi) is 6.66. The highest BCUT2D eigenvalue weighted by Crippen LogP contribution is 2.21. The highest BCUT2D eigenvalue weighted by Gasteiger charge is 2.41. The zero-order valence-corrected chi connectivity index (χ0v) is 13.8. The van der Waals surface area contributed by atoms with Gasteiger partial charge >= 0.3 is 18.0 Å². The molecule has 0 radical (unpaired) electrons. The van der Waals surface area contributed by atoms with Gasteiger partial charge in [-0.1, -0.05) is 0 Å². The van der Waals surface area contributed by atoms with Crippen molar-refractivity contribution in [3.8, 4) is 0 Å². The van der Waals surface area contributed by atoms with E-state index in [-0.39, 0.29) is 13.0 Å². The van der Waals surface area contributed by atoms with Crippen LogP contribution in [0, 0.1) is 0 Å². The van der Waals surface area contributed by atoms with Crippen molar-refractivity contribution < 1.29 is 28.6 Å². The van der Waals surface area contributed by atoms with Crippen LogP contribution in [0.15, 0.2) is 0 Å². The van der Waals surface area contributed by atoms with Crippen molar-refractivity contribution in [1.82, 2.24) is 4.90 Å². The SMILES string of the molecule is COC(=O)CCN(C(=O)OC(C)(C)C)C(C)(C)C(=O)OC. The molecule has 0 aliphatic rings. The van der Waals surface area contributed by atoms with Gasteiger partial charge in [0.25, 0.3) is 0 Å². The van der Waals surface area contributed by atoms with E-state index in [1.54, 1.807) is 20.8 Å². The third-order valence-corrected chi connectivity index (χ3v) is 2.74. The molecule has 0 saturated heterocycles. The first kappa shape index (κ1) is 19.2. The third-order valence-electron chi connectivity index (χ3n) is 2.74. The van der Waals surface area contributed by atoms with Crippen molar-refractivity contribution in [2.45, 2.75) is 52.2 Å². The molecule has 0 aliphatic carbocycles. The van der Waals surface area contributed by atoms with Gasteiger partial charge in [0, 0.05) is 6.54 Å². The average molecular weight is 303 g/mol. The molecule has 0 aromatic carbocycles. The summed E-state index contributed by atoms with van der Waals surface area (Å²) in [6.45, 7) is 8.20. The lowest BCUT2D eigenvalue weighted by Gasteiger charge is -2.36. The highest BCUT2D eigenvalue weighted by atomic mass is 16.6. The molecule has 0 spiro atoms. The number of nitrogens with zero attached hydrogens (tertiary/aromatic N) is 1. The van der Waals surface area contributed by atoms with Crippen LogP contribution in [-0.2, 0) is 23.8 Å². The summed E-state index contributed by atoms with van der Waals surface area (Å²) in [5.41, 5.74) is -1.97. The maximum Gasteiger partial charge on any atom is 0.411 e. The van der Waals surface area contributed by atoms with E-state index >= 15 is 0 Å². The van der Waals surface area contributed by atoms with Crippen LogP contribution in [0.3, 0.4) is 0 Å². The molecular weight excluding hydrogens is 278 g/mol. The zero-order valence-electron chi connectivity index (χ0n) is 13.8. The van der Waals surface area contributed by atoms with E-state index in [1.807, 2.05) is 0 Å². The summed E-state index contributed by atoms with van der Waals surface area (Å²) >= 11 is 0. The Morgan fingerprint density at radius 3 is 1.86 bits per heavy atom. The number of hydrogen-bond donors (Lipinski definition) is 0. The Balaban J connectivity index is 5.22. The van der Waals surface area contributed by atoms with Gasteiger partial charge in [-0.15, -0.1) is 0 Å². The van der Waals surface area contributed by atoms with E-state index in [0.717, 1.165) is 0 Å². The van der Waals surface area contributed by atoms with Crippen LogP contribution in [0.4, 0.5) is 4.79 Å². The maximum absolute atomic E-state index is 12.3. The summed E-state index contributed by atoms with van der Waals surface area (Å²) in [4.78, 5) is 36.6. The summed E-state index contributed by atoms with van der Waals surface area (Å²) in [6.07, 6.45) is -0.738. The summed E-state index contributed by atoms with van der Waals surface area (Å²) in [6, 6.07) is 0. The minimum atomic E-state index is -1.26. The molecule has 0 atom stereocenters. The van der Waals surface area contributed by atoms with Crippen molar-refractivity contribution in [2.24, 2.45) is 0 Å². The van der Waals surface area contributed by atoms with Crippen molar-refractivity contribution in [3.63, 3.8) is 0 Å². The molecule has 122 valence electrons. The number of esters is 2. The Hall–Kier alpha value is -1.79. The molecule has 21 heavy (non-hydrogen) atoms. The molecule has 0 aliphatic heterocycles. The normalized spacial score (nSPS) is 11.6. The standard InChI is InChI=1S/C14H25NO6/c1-13(2,3)21-12(18)15(9-8-10(16)19-6)14(4,5)11(17)20-7/h8-9H2,1-7H3. The molecule has 0 rings (SSSR count). The molecule has 0 unspecified atom stereocenters. The van der Waals surface area contributed by atoms with E-state index in [2.05, 4.69) is 4.74 Å². The van der Waals surface area contributed by atoms with E-state index in [9.17, 15) is 14.4 Å². The van der Waals surface area contributed by atoms with E-state index in [0.29, 0.717) is 0 Å². The molecule has 7 heteroatoms. The lowest BCUT2D eigenvalue weighted by atomic mass is 10.0. The molecular formula is C14H25NO6. The fourth-order valence-corrected chi connectivity index (χ4v) is 1.58. The third kappa shape index (κ3) is 6.01. The van der Waals surface area contributed by atoms with Crippen LogP contribution in [0.1, 0.15) is 41.0 Å². The van der Waals surface area contributed by atoms with Crippen LogP contribution in [0.2, 0.25) is 0 Å². The Bertz CT molecular complexity index is 397. The molecule has 1 amide bonds. The van der Waals surface area contributed by atoms with Gasteiger partial charge in [0.05, 0.1) is 20.6 Å². The van der Waals surface area contributed by atoms with Crippen LogP contribution >= 0.6 is 0 Å². The lowest BCUT2D eigenvalue weighted by Crippen LogP contribution is -2.55. The van der Waals surface area contributed by atoms with Crippen LogP contribution in [-0.4, -0.2) is 54.8 Å². The second-order valence-corrected chi connectivity index (χ2v) is 6.01. The van der Waals surface area contributed by atoms with Gasteiger partial charge in [-0.25, -0.2) is 9.59 Å². The maximum atomic E-state index is 12.3. The van der Waals surface area contributed by atoms with E-state index in [4.69, 9.17) is 9.47 Å². The second kappa shape index (κ2) is 7.28. The topological polar surface area (TPSA) is 82.1 Å². The molecule has 0 aromatic heterocycles. The molecule has 0 fully saturated rings. The van der Waals surface area contributed by atoms with Gasteiger partial charge in [-0.2, -0.15) is 0 Å². The average Bonchev–Trinajstić information content (AvgIpc) is 2.34. The molecule has 0 N–H and O–H groups in total. The molecule has 0 bridgehead atoms. The minimum Gasteiger partial charge on any atom is -0.469 e. The summed E-state index contributed by atoms with van der Waals surface area (Å²) in [5.74, 6) is -1.08. The monoisotopic (exact) mass is 303 g/mol. The Morgan fingerprint density at radius 1 is 0.952 bits per heavy atom. The van der Waals surface area contributed by atoms with E-state index < -0.39 is 29.2 Å². The Morgan fingerprint density at radius 2 is 1.48 bits per heavy atom. The van der Waals surface area contributed by atoms with Crippen molar-refractivity contribution in [3.05, 3.63) is 0 Å². The van der Waals surface area contributed by atoms with Gasteiger partial charge in [-0.3, -0.25) is 9.69 Å². The molecule has 0 saturated carbocycles. The first-order valence-corrected chi connectivity index (χ1v) is 6.61. The summed E-state index contributed by atoms with van der Waals surface area (Å²) in [5, 5.41) is 0. The fourth-order valence-electron chi connectivity index (χ4n) is 1.58. The number of rotatable bonds is 5. The number of methoxy groups -OCH3 is 2. The smallest absolute Gasteiger partial charge is 0.411 e. The predicted octanol–water partition coefficient (Wildman–Crippen LogP) is 1.74. The first-order chi connectivity index (χ1) is 9.45. The summed E-state index contributed by atoms with van der Waals surface area (Å²) in [7, 11) is 2.49. The summed E-state index contributed by atoms with van der Waals surface area (Å²) < 4.78 is 14.5. The number of hydrogen-bond acceptors (Lipinski definition) is 6. The van der Waals surface area contributed by atoms with Gasteiger partial charge in [0.15, 0.2) is 0 Å². The van der Waals surface area contributed by atoms with E-state index in [1.165, 1.54) is 33.0 Å². The number of ether oxygens (including phenoxy) is 3. The lowest BCUT2D eigenvalue weighted by molar-refractivity contribution is -0.154. The molecule has 0 heterocycles. The minimum absolute atomic E-state index is 0.0102. The first-order valence-electron chi connectivity index (χ1n) is 6.61. The Labute approximate surface area is 125 Å². The van der Waals surface area contributed by atoms with Gasteiger partial charge in [0.2, 0.25) is 0 Å². The zero-order chi connectivity index (χ0) is 16.8.